The molecule has 1 spiro atoms. The van der Waals surface area contributed by atoms with Gasteiger partial charge in [0.2, 0.25) is 0 Å². The lowest BCUT2D eigenvalue weighted by Crippen LogP contribution is -2.42. The van der Waals surface area contributed by atoms with E-state index in [2.05, 4.69) is 5.32 Å². The molecule has 2 N–H and O–H groups in total. The molecule has 2 heterocycles. The summed E-state index contributed by atoms with van der Waals surface area (Å²) in [6.07, 6.45) is 12.5. The lowest BCUT2D eigenvalue weighted by molar-refractivity contribution is -0.0373. The van der Waals surface area contributed by atoms with Crippen molar-refractivity contribution in [2.45, 2.75) is 102 Å². The predicted octanol–water partition coefficient (Wildman–Crippen LogP) is 5.71. The van der Waals surface area contributed by atoms with Crippen LogP contribution in [-0.2, 0) is 0 Å². The summed E-state index contributed by atoms with van der Waals surface area (Å²) in [5, 5.41) is 15.2. The zero-order chi connectivity index (χ0) is 20.7. The molecular formula is C25H33NO4. The number of carbonyl (C=O) groups excluding carboxylic acids is 1. The third-order valence-electron chi connectivity index (χ3n) is 7.48. The van der Waals surface area contributed by atoms with Gasteiger partial charge in [-0.05, 0) is 57.6 Å². The molecule has 2 aromatic rings. The predicted molar refractivity (Wildman–Crippen MR) is 116 cm³/mol. The first-order chi connectivity index (χ1) is 14.6. The van der Waals surface area contributed by atoms with Crippen LogP contribution in [0.4, 0.5) is 0 Å². The summed E-state index contributed by atoms with van der Waals surface area (Å²) in [4.78, 5) is 13.0. The Kier molecular flexibility index (Phi) is 5.26. The topological polar surface area (TPSA) is 71.7 Å². The second-order valence-electron chi connectivity index (χ2n) is 9.63. The van der Waals surface area contributed by atoms with Gasteiger partial charge in [0.15, 0.2) is 5.76 Å². The monoisotopic (exact) mass is 411 g/mol. The summed E-state index contributed by atoms with van der Waals surface area (Å²) in [6.45, 7) is 1.92. The van der Waals surface area contributed by atoms with Crippen molar-refractivity contribution in [2.24, 2.45) is 0 Å². The highest BCUT2D eigenvalue weighted by atomic mass is 16.5. The molecule has 2 saturated carbocycles. The fourth-order valence-electron chi connectivity index (χ4n) is 5.90. The number of rotatable bonds is 2. The van der Waals surface area contributed by atoms with Crippen LogP contribution in [0.3, 0.4) is 0 Å². The zero-order valence-electron chi connectivity index (χ0n) is 18.0. The SMILES string of the molecule is Cc1c(C(=O)NC2CCCCCC2)oc2ccc3c(c12)[C@H](O)CC1(CCCCC1)O3. The maximum atomic E-state index is 13.0. The largest absolute Gasteiger partial charge is 0.487 e. The minimum absolute atomic E-state index is 0.140. The van der Waals surface area contributed by atoms with Gasteiger partial charge in [0.25, 0.3) is 5.91 Å². The van der Waals surface area contributed by atoms with Crippen LogP contribution in [0.2, 0.25) is 0 Å². The lowest BCUT2D eigenvalue weighted by atomic mass is 9.77. The summed E-state index contributed by atoms with van der Waals surface area (Å²) < 4.78 is 12.5. The zero-order valence-corrected chi connectivity index (χ0v) is 18.0. The highest BCUT2D eigenvalue weighted by Gasteiger charge is 2.42. The van der Waals surface area contributed by atoms with Gasteiger partial charge in [0.1, 0.15) is 16.9 Å². The van der Waals surface area contributed by atoms with Crippen molar-refractivity contribution in [1.29, 1.82) is 0 Å². The normalized spacial score (nSPS) is 24.3. The Hall–Kier alpha value is -2.01. The van der Waals surface area contributed by atoms with Crippen molar-refractivity contribution in [3.63, 3.8) is 0 Å². The number of benzene rings is 1. The standard InChI is InChI=1S/C25H33NO4/c1-16-21-19(29-23(16)24(28)26-17-9-5-2-3-6-10-17)11-12-20-22(21)18(27)15-25(30-20)13-7-4-8-14-25/h11-12,17-18,27H,2-10,13-15H2,1H3,(H,26,28)/t18-/m1/s1. The first-order valence-electron chi connectivity index (χ1n) is 11.8. The number of hydrogen-bond acceptors (Lipinski definition) is 4. The fourth-order valence-corrected chi connectivity index (χ4v) is 5.90. The summed E-state index contributed by atoms with van der Waals surface area (Å²) in [7, 11) is 0. The van der Waals surface area contributed by atoms with Gasteiger partial charge in [0.05, 0.1) is 6.10 Å². The number of furan rings is 1. The van der Waals surface area contributed by atoms with E-state index in [4.69, 9.17) is 9.15 Å². The van der Waals surface area contributed by atoms with E-state index >= 15 is 0 Å². The molecule has 1 aromatic carbocycles. The van der Waals surface area contributed by atoms with E-state index in [0.717, 1.165) is 60.8 Å². The third-order valence-corrected chi connectivity index (χ3v) is 7.48. The van der Waals surface area contributed by atoms with Crippen LogP contribution in [0, 0.1) is 6.92 Å². The Bertz CT molecular complexity index is 932. The molecule has 1 amide bonds. The van der Waals surface area contributed by atoms with E-state index < -0.39 is 6.10 Å². The number of aliphatic hydroxyl groups excluding tert-OH is 1. The van der Waals surface area contributed by atoms with Gasteiger partial charge < -0.3 is 19.6 Å². The molecule has 162 valence electrons. The van der Waals surface area contributed by atoms with Crippen molar-refractivity contribution in [3.8, 4) is 5.75 Å². The molecule has 2 aliphatic carbocycles. The molecule has 5 rings (SSSR count). The Morgan fingerprint density at radius 2 is 1.77 bits per heavy atom. The number of nitrogens with one attached hydrogen (secondary N) is 1. The van der Waals surface area contributed by atoms with Crippen LogP contribution in [0.15, 0.2) is 16.5 Å². The number of hydrogen-bond donors (Lipinski definition) is 2. The van der Waals surface area contributed by atoms with Crippen LogP contribution in [0.1, 0.15) is 105 Å². The summed E-state index contributed by atoms with van der Waals surface area (Å²) >= 11 is 0. The molecule has 5 heteroatoms. The Morgan fingerprint density at radius 1 is 1.07 bits per heavy atom. The highest BCUT2D eigenvalue weighted by molar-refractivity contribution is 6.00. The van der Waals surface area contributed by atoms with Crippen LogP contribution in [-0.4, -0.2) is 22.7 Å². The molecule has 1 atom stereocenters. The van der Waals surface area contributed by atoms with Gasteiger partial charge in [-0.1, -0.05) is 32.1 Å². The van der Waals surface area contributed by atoms with Crippen molar-refractivity contribution in [2.75, 3.05) is 0 Å². The third kappa shape index (κ3) is 3.51. The smallest absolute Gasteiger partial charge is 0.287 e. The van der Waals surface area contributed by atoms with Crippen LogP contribution in [0.5, 0.6) is 5.75 Å². The van der Waals surface area contributed by atoms with Gasteiger partial charge in [0, 0.05) is 29.0 Å². The number of aliphatic hydroxyl groups is 1. The molecule has 5 nitrogen and oxygen atoms in total. The first-order valence-corrected chi connectivity index (χ1v) is 11.8. The first kappa shape index (κ1) is 19.9. The summed E-state index contributed by atoms with van der Waals surface area (Å²) in [5.74, 6) is 0.981. The molecule has 0 saturated heterocycles. The number of ether oxygens (including phenoxy) is 1. The number of amides is 1. The van der Waals surface area contributed by atoms with Gasteiger partial charge in [-0.15, -0.1) is 0 Å². The molecule has 0 unspecified atom stereocenters. The Morgan fingerprint density at radius 3 is 2.50 bits per heavy atom. The van der Waals surface area contributed by atoms with Gasteiger partial charge in [-0.2, -0.15) is 0 Å². The van der Waals surface area contributed by atoms with Crippen molar-refractivity contribution in [1.82, 2.24) is 5.32 Å². The summed E-state index contributed by atoms with van der Waals surface area (Å²) in [5.41, 5.74) is 2.00. The number of fused-ring (bicyclic) bond motifs is 3. The summed E-state index contributed by atoms with van der Waals surface area (Å²) in [6, 6.07) is 4.02. The molecule has 30 heavy (non-hydrogen) atoms. The maximum absolute atomic E-state index is 13.0. The average Bonchev–Trinajstić information content (AvgIpc) is 2.89. The highest BCUT2D eigenvalue weighted by Crippen LogP contribution is 2.49. The van der Waals surface area contributed by atoms with Crippen molar-refractivity contribution < 1.29 is 19.1 Å². The van der Waals surface area contributed by atoms with Crippen LogP contribution < -0.4 is 10.1 Å². The Labute approximate surface area is 178 Å². The maximum Gasteiger partial charge on any atom is 0.287 e. The minimum Gasteiger partial charge on any atom is -0.487 e. The van der Waals surface area contributed by atoms with E-state index in [1.54, 1.807) is 0 Å². The van der Waals surface area contributed by atoms with Crippen molar-refractivity contribution >= 4 is 16.9 Å². The van der Waals surface area contributed by atoms with Crippen LogP contribution in [0.25, 0.3) is 11.0 Å². The van der Waals surface area contributed by atoms with Gasteiger partial charge >= 0.3 is 0 Å². The van der Waals surface area contributed by atoms with Crippen molar-refractivity contribution in [3.05, 3.63) is 29.0 Å². The van der Waals surface area contributed by atoms with Gasteiger partial charge in [-0.3, -0.25) is 4.79 Å². The van der Waals surface area contributed by atoms with E-state index in [-0.39, 0.29) is 17.6 Å². The number of aryl methyl sites for hydroxylation is 1. The molecular weight excluding hydrogens is 378 g/mol. The molecule has 1 aliphatic heterocycles. The molecule has 0 radical (unpaired) electrons. The second-order valence-corrected chi connectivity index (χ2v) is 9.63. The lowest BCUT2D eigenvalue weighted by Gasteiger charge is -2.43. The van der Waals surface area contributed by atoms with Gasteiger partial charge in [-0.25, -0.2) is 0 Å². The molecule has 0 bridgehead atoms. The second kappa shape index (κ2) is 7.92. The van der Waals surface area contributed by atoms with E-state index in [0.29, 0.717) is 17.8 Å². The van der Waals surface area contributed by atoms with E-state index in [1.807, 2.05) is 19.1 Å². The van der Waals surface area contributed by atoms with Crippen LogP contribution >= 0.6 is 0 Å². The quantitative estimate of drug-likeness (QED) is 0.621. The molecule has 2 fully saturated rings. The minimum atomic E-state index is -0.593. The average molecular weight is 412 g/mol. The van der Waals surface area contributed by atoms with E-state index in [9.17, 15) is 9.90 Å². The fraction of sp³-hybridized carbons (Fsp3) is 0.640. The van der Waals surface area contributed by atoms with E-state index in [1.165, 1.54) is 32.1 Å². The Balaban J connectivity index is 1.46. The number of carbonyl (C=O) groups is 1. The molecule has 1 aromatic heterocycles. The molecule has 3 aliphatic rings.